The van der Waals surface area contributed by atoms with Gasteiger partial charge >= 0.3 is 0 Å². The first-order chi connectivity index (χ1) is 11.1. The highest BCUT2D eigenvalue weighted by Crippen LogP contribution is 2.85. The third-order valence-corrected chi connectivity index (χ3v) is 7.19. The number of benzene rings is 2. The van der Waals surface area contributed by atoms with Gasteiger partial charge in [-0.05, 0) is 34.3 Å². The van der Waals surface area contributed by atoms with Crippen molar-refractivity contribution in [3.63, 3.8) is 0 Å². The van der Waals surface area contributed by atoms with Gasteiger partial charge in [-0.3, -0.25) is 4.79 Å². The normalized spacial score (nSPS) is 39.3. The van der Waals surface area contributed by atoms with Crippen LogP contribution in [0.1, 0.15) is 37.3 Å². The van der Waals surface area contributed by atoms with Crippen LogP contribution >= 0.6 is 0 Å². The summed E-state index contributed by atoms with van der Waals surface area (Å²) in [5.41, 5.74) is 2.98. The van der Waals surface area contributed by atoms with Crippen molar-refractivity contribution in [2.75, 3.05) is 0 Å². The van der Waals surface area contributed by atoms with E-state index in [4.69, 9.17) is 0 Å². The van der Waals surface area contributed by atoms with E-state index in [1.165, 1.54) is 11.1 Å². The maximum Gasteiger partial charge on any atom is 0.137 e. The number of carbonyl (C=O) groups excluding carboxylic acids is 1. The molecule has 23 heavy (non-hydrogen) atoms. The van der Waals surface area contributed by atoms with Gasteiger partial charge in [-0.2, -0.15) is 0 Å². The van der Waals surface area contributed by atoms with Crippen LogP contribution in [0.25, 0.3) is 0 Å². The molecule has 0 amide bonds. The summed E-state index contributed by atoms with van der Waals surface area (Å²) in [6.07, 6.45) is 0.785. The zero-order valence-electron chi connectivity index (χ0n) is 13.7. The van der Waals surface area contributed by atoms with Crippen molar-refractivity contribution >= 4 is 5.78 Å². The van der Waals surface area contributed by atoms with Crippen LogP contribution in [0.5, 0.6) is 0 Å². The van der Waals surface area contributed by atoms with E-state index in [9.17, 15) is 4.79 Å². The molecule has 0 bridgehead atoms. The standard InChI is InChI=1S/C22H22O/c1-21(2)18(14-9-5-3-6-10-14)16-13-17(23)20-19(16)22(20,21)15-11-7-4-8-12-15/h3-12,16,18-20H,13H2,1-2H3/t16-,18-,19-,20-,22+/m1/s1. The molecule has 5 rings (SSSR count). The quantitative estimate of drug-likeness (QED) is 0.793. The predicted molar refractivity (Wildman–Crippen MR) is 91.2 cm³/mol. The van der Waals surface area contributed by atoms with Gasteiger partial charge in [-0.1, -0.05) is 74.5 Å². The fourth-order valence-corrected chi connectivity index (χ4v) is 6.67. The molecule has 1 heteroatoms. The van der Waals surface area contributed by atoms with Crippen molar-refractivity contribution in [1.82, 2.24) is 0 Å². The SMILES string of the molecule is CC1(C)[C@H](c2ccccc2)[C@H]2CC(=O)[C@@H]3[C@@H]2[C@@]31c1ccccc1. The average Bonchev–Trinajstić information content (AvgIpc) is 3.13. The van der Waals surface area contributed by atoms with Crippen molar-refractivity contribution in [2.45, 2.75) is 31.6 Å². The van der Waals surface area contributed by atoms with Gasteiger partial charge in [0.15, 0.2) is 0 Å². The van der Waals surface area contributed by atoms with E-state index >= 15 is 0 Å². The van der Waals surface area contributed by atoms with E-state index in [0.29, 0.717) is 23.5 Å². The molecule has 0 aromatic heterocycles. The number of rotatable bonds is 2. The molecule has 116 valence electrons. The highest BCUT2D eigenvalue weighted by Gasteiger charge is 2.85. The number of Topliss-reactive ketones (excluding diaryl/α,β-unsaturated/α-hetero) is 1. The summed E-state index contributed by atoms with van der Waals surface area (Å²) in [5, 5.41) is 0. The summed E-state index contributed by atoms with van der Waals surface area (Å²) in [5.74, 6) is 2.33. The Kier molecular flexibility index (Phi) is 2.44. The molecule has 5 atom stereocenters. The second-order valence-electron chi connectivity index (χ2n) is 8.18. The van der Waals surface area contributed by atoms with Gasteiger partial charge in [0.2, 0.25) is 0 Å². The smallest absolute Gasteiger partial charge is 0.137 e. The zero-order chi connectivity index (χ0) is 15.8. The van der Waals surface area contributed by atoms with Crippen molar-refractivity contribution < 1.29 is 4.79 Å². The van der Waals surface area contributed by atoms with Crippen molar-refractivity contribution in [1.29, 1.82) is 0 Å². The molecule has 3 aliphatic rings. The molecular weight excluding hydrogens is 280 g/mol. The minimum atomic E-state index is 0.0643. The molecule has 3 aliphatic carbocycles. The Morgan fingerprint density at radius 1 is 0.870 bits per heavy atom. The van der Waals surface area contributed by atoms with Crippen molar-refractivity contribution in [2.24, 2.45) is 23.2 Å². The average molecular weight is 302 g/mol. The van der Waals surface area contributed by atoms with Crippen LogP contribution in [0, 0.1) is 23.2 Å². The topological polar surface area (TPSA) is 17.1 Å². The second kappa shape index (κ2) is 4.14. The number of ketones is 1. The molecule has 0 heterocycles. The lowest BCUT2D eigenvalue weighted by atomic mass is 9.64. The summed E-state index contributed by atoms with van der Waals surface area (Å²) in [7, 11) is 0. The van der Waals surface area contributed by atoms with Gasteiger partial charge in [0, 0.05) is 17.8 Å². The number of hydrogen-bond acceptors (Lipinski definition) is 1. The van der Waals surface area contributed by atoms with Gasteiger partial charge in [-0.15, -0.1) is 0 Å². The molecular formula is C22H22O. The van der Waals surface area contributed by atoms with Gasteiger partial charge in [0.1, 0.15) is 5.78 Å². The molecule has 3 saturated carbocycles. The van der Waals surface area contributed by atoms with Crippen molar-refractivity contribution in [3.05, 3.63) is 71.8 Å². The lowest BCUT2D eigenvalue weighted by Gasteiger charge is -2.39. The molecule has 0 aliphatic heterocycles. The number of fused-ring (bicyclic) bond motifs is 1. The second-order valence-corrected chi connectivity index (χ2v) is 8.18. The maximum absolute atomic E-state index is 12.7. The Bertz CT molecular complexity index is 776. The fourth-order valence-electron chi connectivity index (χ4n) is 6.67. The molecule has 2 aromatic carbocycles. The Morgan fingerprint density at radius 2 is 1.48 bits per heavy atom. The maximum atomic E-state index is 12.7. The number of carbonyl (C=O) groups is 1. The van der Waals surface area contributed by atoms with Gasteiger partial charge in [0.05, 0.1) is 0 Å². The Labute approximate surface area is 137 Å². The summed E-state index contributed by atoms with van der Waals surface area (Å²) in [6, 6.07) is 21.7. The summed E-state index contributed by atoms with van der Waals surface area (Å²) in [4.78, 5) is 12.7. The molecule has 1 nitrogen and oxygen atoms in total. The highest BCUT2D eigenvalue weighted by atomic mass is 16.1. The van der Waals surface area contributed by atoms with Crippen LogP contribution in [0.4, 0.5) is 0 Å². The zero-order valence-corrected chi connectivity index (χ0v) is 13.7. The van der Waals surface area contributed by atoms with E-state index in [1.54, 1.807) is 0 Å². The van der Waals surface area contributed by atoms with E-state index in [-0.39, 0.29) is 16.7 Å². The van der Waals surface area contributed by atoms with Crippen LogP contribution in [-0.4, -0.2) is 5.78 Å². The number of hydrogen-bond donors (Lipinski definition) is 0. The first kappa shape index (κ1) is 13.5. The van der Waals surface area contributed by atoms with E-state index in [0.717, 1.165) is 6.42 Å². The molecule has 0 saturated heterocycles. The molecule has 0 spiro atoms. The fraction of sp³-hybridized carbons (Fsp3) is 0.409. The Morgan fingerprint density at radius 3 is 2.13 bits per heavy atom. The summed E-state index contributed by atoms with van der Waals surface area (Å²) >= 11 is 0. The molecule has 0 radical (unpaired) electrons. The molecule has 0 unspecified atom stereocenters. The van der Waals surface area contributed by atoms with E-state index in [2.05, 4.69) is 74.5 Å². The summed E-state index contributed by atoms with van der Waals surface area (Å²) < 4.78 is 0. The molecule has 0 N–H and O–H groups in total. The highest BCUT2D eigenvalue weighted by molar-refractivity contribution is 5.92. The van der Waals surface area contributed by atoms with Crippen LogP contribution in [-0.2, 0) is 10.2 Å². The minimum Gasteiger partial charge on any atom is -0.299 e. The van der Waals surface area contributed by atoms with Crippen LogP contribution < -0.4 is 0 Å². The van der Waals surface area contributed by atoms with E-state index < -0.39 is 0 Å². The third-order valence-electron chi connectivity index (χ3n) is 7.19. The lowest BCUT2D eigenvalue weighted by Crippen LogP contribution is -2.34. The molecule has 2 aromatic rings. The Balaban J connectivity index is 1.71. The predicted octanol–water partition coefficient (Wildman–Crippen LogP) is 4.58. The third kappa shape index (κ3) is 1.38. The van der Waals surface area contributed by atoms with Crippen LogP contribution in [0.15, 0.2) is 60.7 Å². The summed E-state index contributed by atoms with van der Waals surface area (Å²) in [6.45, 7) is 4.81. The van der Waals surface area contributed by atoms with Gasteiger partial charge in [-0.25, -0.2) is 0 Å². The van der Waals surface area contributed by atoms with Gasteiger partial charge < -0.3 is 0 Å². The van der Waals surface area contributed by atoms with Gasteiger partial charge in [0.25, 0.3) is 0 Å². The lowest BCUT2D eigenvalue weighted by molar-refractivity contribution is -0.119. The van der Waals surface area contributed by atoms with Crippen molar-refractivity contribution in [3.8, 4) is 0 Å². The first-order valence-corrected chi connectivity index (χ1v) is 8.73. The largest absolute Gasteiger partial charge is 0.299 e. The monoisotopic (exact) mass is 302 g/mol. The van der Waals surface area contributed by atoms with Crippen LogP contribution in [0.3, 0.4) is 0 Å². The first-order valence-electron chi connectivity index (χ1n) is 8.73. The minimum absolute atomic E-state index is 0.0643. The Hall–Kier alpha value is -1.89. The van der Waals surface area contributed by atoms with Crippen LogP contribution in [0.2, 0.25) is 0 Å². The van der Waals surface area contributed by atoms with E-state index in [1.807, 2.05) is 0 Å². The molecule has 3 fully saturated rings.